The van der Waals surface area contributed by atoms with Crippen molar-refractivity contribution in [1.29, 1.82) is 0 Å². The van der Waals surface area contributed by atoms with Gasteiger partial charge in [-0.25, -0.2) is 0 Å². The van der Waals surface area contributed by atoms with E-state index in [4.69, 9.17) is 4.74 Å². The number of nitrogens with zero attached hydrogens (tertiary/aromatic N) is 1. The molecule has 0 aromatic carbocycles. The van der Waals surface area contributed by atoms with Gasteiger partial charge in [0.15, 0.2) is 0 Å². The van der Waals surface area contributed by atoms with Crippen molar-refractivity contribution in [2.24, 2.45) is 11.3 Å². The predicted octanol–water partition coefficient (Wildman–Crippen LogP) is 3.45. The van der Waals surface area contributed by atoms with Crippen molar-refractivity contribution in [2.75, 3.05) is 13.2 Å². The molecule has 0 bridgehead atoms. The summed E-state index contributed by atoms with van der Waals surface area (Å²) in [5, 5.41) is 10.6. The van der Waals surface area contributed by atoms with Gasteiger partial charge in [-0.05, 0) is 43.9 Å². The van der Waals surface area contributed by atoms with E-state index in [-0.39, 0.29) is 6.10 Å². The van der Waals surface area contributed by atoms with E-state index in [1.165, 1.54) is 12.8 Å². The van der Waals surface area contributed by atoms with Crippen LogP contribution in [0.1, 0.15) is 66.7 Å². The Labute approximate surface area is 131 Å². The molecule has 3 nitrogen and oxygen atoms in total. The Morgan fingerprint density at radius 3 is 2.57 bits per heavy atom. The molecule has 1 aliphatic carbocycles. The van der Waals surface area contributed by atoms with Crippen LogP contribution < -0.4 is 0 Å². The highest BCUT2D eigenvalue weighted by Crippen LogP contribution is 2.42. The molecular weight excluding hydrogens is 262 g/mol. The van der Waals surface area contributed by atoms with Crippen LogP contribution in [-0.4, -0.2) is 47.4 Å². The fraction of sp³-hybridized carbons (Fsp3) is 1.00. The number of ether oxygens (including phenoxy) is 1. The van der Waals surface area contributed by atoms with E-state index >= 15 is 0 Å². The van der Waals surface area contributed by atoms with Crippen molar-refractivity contribution in [2.45, 2.75) is 91.0 Å². The Kier molecular flexibility index (Phi) is 5.72. The lowest BCUT2D eigenvalue weighted by Gasteiger charge is -2.50. The first-order valence-corrected chi connectivity index (χ1v) is 8.94. The number of aliphatic hydroxyl groups excluding tert-OH is 1. The molecule has 0 spiro atoms. The molecule has 2 rings (SSSR count). The molecule has 3 heteroatoms. The van der Waals surface area contributed by atoms with E-state index < -0.39 is 0 Å². The summed E-state index contributed by atoms with van der Waals surface area (Å²) in [5.74, 6) is 0.728. The SMILES string of the molecule is CCC1COC(C)CN1C1CC(C(C)(C)CC)CCC1O. The molecule has 1 N–H and O–H groups in total. The van der Waals surface area contributed by atoms with E-state index in [0.717, 1.165) is 38.3 Å². The van der Waals surface area contributed by atoms with Crippen LogP contribution in [0.15, 0.2) is 0 Å². The summed E-state index contributed by atoms with van der Waals surface area (Å²) >= 11 is 0. The first-order chi connectivity index (χ1) is 9.89. The molecule has 2 fully saturated rings. The number of hydrogen-bond donors (Lipinski definition) is 1. The van der Waals surface area contributed by atoms with Gasteiger partial charge in [-0.2, -0.15) is 0 Å². The van der Waals surface area contributed by atoms with Gasteiger partial charge in [0.1, 0.15) is 0 Å². The third-order valence-electron chi connectivity index (χ3n) is 6.20. The molecule has 21 heavy (non-hydrogen) atoms. The summed E-state index contributed by atoms with van der Waals surface area (Å²) in [7, 11) is 0. The molecule has 0 aromatic rings. The largest absolute Gasteiger partial charge is 0.391 e. The molecule has 2 aliphatic rings. The second-order valence-electron chi connectivity index (χ2n) is 7.89. The van der Waals surface area contributed by atoms with Gasteiger partial charge in [-0.15, -0.1) is 0 Å². The molecule has 0 radical (unpaired) electrons. The van der Waals surface area contributed by atoms with Crippen LogP contribution in [0, 0.1) is 11.3 Å². The van der Waals surface area contributed by atoms with E-state index in [0.29, 0.717) is 23.6 Å². The Bertz CT molecular complexity index is 331. The summed E-state index contributed by atoms with van der Waals surface area (Å²) in [4.78, 5) is 2.57. The minimum Gasteiger partial charge on any atom is -0.391 e. The predicted molar refractivity (Wildman–Crippen MR) is 87.4 cm³/mol. The van der Waals surface area contributed by atoms with Crippen molar-refractivity contribution in [1.82, 2.24) is 4.90 Å². The van der Waals surface area contributed by atoms with Crippen molar-refractivity contribution in [3.8, 4) is 0 Å². The van der Waals surface area contributed by atoms with Crippen LogP contribution in [0.4, 0.5) is 0 Å². The smallest absolute Gasteiger partial charge is 0.0695 e. The van der Waals surface area contributed by atoms with Crippen LogP contribution >= 0.6 is 0 Å². The minimum absolute atomic E-state index is 0.159. The van der Waals surface area contributed by atoms with Gasteiger partial charge in [0.05, 0.1) is 18.8 Å². The molecule has 5 unspecified atom stereocenters. The number of hydrogen-bond acceptors (Lipinski definition) is 3. The molecule has 1 heterocycles. The summed E-state index contributed by atoms with van der Waals surface area (Å²) in [6, 6.07) is 0.801. The molecular formula is C18H35NO2. The topological polar surface area (TPSA) is 32.7 Å². The molecule has 1 aliphatic heterocycles. The van der Waals surface area contributed by atoms with Gasteiger partial charge < -0.3 is 9.84 Å². The second kappa shape index (κ2) is 6.97. The van der Waals surface area contributed by atoms with Gasteiger partial charge in [-0.1, -0.05) is 34.1 Å². The summed E-state index contributed by atoms with van der Waals surface area (Å²) < 4.78 is 5.83. The van der Waals surface area contributed by atoms with Crippen LogP contribution in [0.5, 0.6) is 0 Å². The maximum Gasteiger partial charge on any atom is 0.0695 e. The zero-order valence-electron chi connectivity index (χ0n) is 14.6. The average Bonchev–Trinajstić information content (AvgIpc) is 2.47. The van der Waals surface area contributed by atoms with Crippen LogP contribution in [-0.2, 0) is 4.74 Å². The van der Waals surface area contributed by atoms with Crippen molar-refractivity contribution < 1.29 is 9.84 Å². The lowest BCUT2D eigenvalue weighted by Crippen LogP contribution is -2.58. The van der Waals surface area contributed by atoms with Gasteiger partial charge >= 0.3 is 0 Å². The van der Waals surface area contributed by atoms with Gasteiger partial charge in [0.25, 0.3) is 0 Å². The lowest BCUT2D eigenvalue weighted by atomic mass is 9.67. The zero-order valence-corrected chi connectivity index (χ0v) is 14.6. The third-order valence-corrected chi connectivity index (χ3v) is 6.20. The van der Waals surface area contributed by atoms with E-state index in [1.54, 1.807) is 0 Å². The van der Waals surface area contributed by atoms with Gasteiger partial charge in [0, 0.05) is 18.6 Å². The zero-order chi connectivity index (χ0) is 15.6. The Morgan fingerprint density at radius 2 is 1.95 bits per heavy atom. The normalized spacial score (nSPS) is 39.4. The highest BCUT2D eigenvalue weighted by molar-refractivity contribution is 4.95. The lowest BCUT2D eigenvalue weighted by molar-refractivity contribution is -0.111. The first kappa shape index (κ1) is 17.2. The van der Waals surface area contributed by atoms with Gasteiger partial charge in [-0.3, -0.25) is 4.90 Å². The van der Waals surface area contributed by atoms with Crippen LogP contribution in [0.25, 0.3) is 0 Å². The Morgan fingerprint density at radius 1 is 1.24 bits per heavy atom. The van der Waals surface area contributed by atoms with Crippen molar-refractivity contribution in [3.63, 3.8) is 0 Å². The molecule has 0 amide bonds. The summed E-state index contributed by atoms with van der Waals surface area (Å²) in [6.07, 6.45) is 5.74. The Hall–Kier alpha value is -0.120. The first-order valence-electron chi connectivity index (χ1n) is 8.94. The molecule has 124 valence electrons. The number of morpholine rings is 1. The van der Waals surface area contributed by atoms with Crippen molar-refractivity contribution >= 4 is 0 Å². The Balaban J connectivity index is 2.11. The van der Waals surface area contributed by atoms with Crippen LogP contribution in [0.2, 0.25) is 0 Å². The monoisotopic (exact) mass is 297 g/mol. The quantitative estimate of drug-likeness (QED) is 0.862. The highest BCUT2D eigenvalue weighted by Gasteiger charge is 2.42. The number of rotatable bonds is 4. The summed E-state index contributed by atoms with van der Waals surface area (Å²) in [5.41, 5.74) is 0.387. The third kappa shape index (κ3) is 3.80. The van der Waals surface area contributed by atoms with E-state index in [2.05, 4.69) is 39.5 Å². The fourth-order valence-corrected chi connectivity index (χ4v) is 4.11. The second-order valence-corrected chi connectivity index (χ2v) is 7.89. The molecule has 5 atom stereocenters. The van der Waals surface area contributed by atoms with Gasteiger partial charge in [0.2, 0.25) is 0 Å². The fourth-order valence-electron chi connectivity index (χ4n) is 4.11. The standard InChI is InChI=1S/C18H35NO2/c1-6-15-12-21-13(3)11-19(15)16-10-14(8-9-17(16)20)18(4,5)7-2/h13-17,20H,6-12H2,1-5H3. The molecule has 1 saturated carbocycles. The maximum absolute atomic E-state index is 10.6. The van der Waals surface area contributed by atoms with Crippen LogP contribution in [0.3, 0.4) is 0 Å². The summed E-state index contributed by atoms with van der Waals surface area (Å²) in [6.45, 7) is 13.3. The molecule has 0 aromatic heterocycles. The minimum atomic E-state index is -0.159. The average molecular weight is 297 g/mol. The highest BCUT2D eigenvalue weighted by atomic mass is 16.5. The van der Waals surface area contributed by atoms with E-state index in [9.17, 15) is 5.11 Å². The number of aliphatic hydroxyl groups is 1. The molecule has 1 saturated heterocycles. The maximum atomic E-state index is 10.6. The van der Waals surface area contributed by atoms with Crippen molar-refractivity contribution in [3.05, 3.63) is 0 Å². The van der Waals surface area contributed by atoms with E-state index in [1.807, 2.05) is 0 Å².